The summed E-state index contributed by atoms with van der Waals surface area (Å²) in [6, 6.07) is 31.2. The fourth-order valence-electron chi connectivity index (χ4n) is 3.47. The van der Waals surface area contributed by atoms with Crippen molar-refractivity contribution in [3.05, 3.63) is 125 Å². The summed E-state index contributed by atoms with van der Waals surface area (Å²) >= 11 is 5.86. The van der Waals surface area contributed by atoms with Crippen LogP contribution in [0.25, 0.3) is 0 Å². The highest BCUT2D eigenvalue weighted by atomic mass is 35.5. The first-order valence-corrected chi connectivity index (χ1v) is 11.8. The van der Waals surface area contributed by atoms with Crippen LogP contribution in [0.15, 0.2) is 119 Å². The third-order valence-corrected chi connectivity index (χ3v) is 7.12. The first kappa shape index (κ1) is 21.8. The molecule has 4 aromatic carbocycles. The molecule has 0 fully saturated rings. The standard InChI is InChI=1S/C26H20ClNO3S/c27-21-11-15-23(16-12-21)32(30,31)24-17-13-22(14-18-24)28-26(29)25(19-7-3-1-4-8-19)20-9-5-2-6-10-20/h1-18,25H,(H,28,29). The number of halogens is 1. The van der Waals surface area contributed by atoms with Gasteiger partial charge in [-0.2, -0.15) is 0 Å². The molecule has 32 heavy (non-hydrogen) atoms. The van der Waals surface area contributed by atoms with Gasteiger partial charge in [0.1, 0.15) is 0 Å². The van der Waals surface area contributed by atoms with Crippen LogP contribution in [0.1, 0.15) is 17.0 Å². The Morgan fingerprint density at radius 1 is 0.656 bits per heavy atom. The molecule has 0 aliphatic rings. The van der Waals surface area contributed by atoms with Gasteiger partial charge in [-0.25, -0.2) is 8.42 Å². The molecule has 0 radical (unpaired) electrons. The van der Waals surface area contributed by atoms with Gasteiger partial charge in [-0.05, 0) is 59.7 Å². The molecule has 1 amide bonds. The molecule has 160 valence electrons. The van der Waals surface area contributed by atoms with Gasteiger partial charge in [-0.15, -0.1) is 0 Å². The van der Waals surface area contributed by atoms with Crippen LogP contribution in [0, 0.1) is 0 Å². The number of carbonyl (C=O) groups excluding carboxylic acids is 1. The summed E-state index contributed by atoms with van der Waals surface area (Å²) in [5, 5.41) is 3.38. The van der Waals surface area contributed by atoms with E-state index in [9.17, 15) is 13.2 Å². The largest absolute Gasteiger partial charge is 0.325 e. The van der Waals surface area contributed by atoms with E-state index in [0.29, 0.717) is 10.7 Å². The second kappa shape index (κ2) is 9.39. The highest BCUT2D eigenvalue weighted by Crippen LogP contribution is 2.27. The second-order valence-corrected chi connectivity index (χ2v) is 9.61. The summed E-state index contributed by atoms with van der Waals surface area (Å²) in [7, 11) is -3.67. The molecule has 0 spiro atoms. The van der Waals surface area contributed by atoms with Crippen LogP contribution in [0.5, 0.6) is 0 Å². The SMILES string of the molecule is O=C(Nc1ccc(S(=O)(=O)c2ccc(Cl)cc2)cc1)C(c1ccccc1)c1ccccc1. The van der Waals surface area contributed by atoms with Crippen LogP contribution in [0.4, 0.5) is 5.69 Å². The molecule has 0 heterocycles. The van der Waals surface area contributed by atoms with Gasteiger partial charge in [0.2, 0.25) is 15.7 Å². The number of hydrogen-bond acceptors (Lipinski definition) is 3. The van der Waals surface area contributed by atoms with Crippen molar-refractivity contribution in [1.82, 2.24) is 0 Å². The Morgan fingerprint density at radius 3 is 1.56 bits per heavy atom. The van der Waals surface area contributed by atoms with E-state index in [1.54, 1.807) is 12.1 Å². The normalized spacial score (nSPS) is 11.3. The van der Waals surface area contributed by atoms with E-state index in [4.69, 9.17) is 11.6 Å². The Hall–Kier alpha value is -3.41. The average molecular weight is 462 g/mol. The number of amides is 1. The zero-order chi connectivity index (χ0) is 22.6. The Bertz CT molecular complexity index is 1270. The van der Waals surface area contributed by atoms with Gasteiger partial charge in [-0.1, -0.05) is 72.3 Å². The molecular weight excluding hydrogens is 442 g/mol. The minimum absolute atomic E-state index is 0.139. The zero-order valence-corrected chi connectivity index (χ0v) is 18.6. The molecule has 0 aromatic heterocycles. The second-order valence-electron chi connectivity index (χ2n) is 7.23. The van der Waals surface area contributed by atoms with Crippen molar-refractivity contribution < 1.29 is 13.2 Å². The molecule has 0 saturated heterocycles. The monoisotopic (exact) mass is 461 g/mol. The Balaban J connectivity index is 1.58. The molecule has 1 N–H and O–H groups in total. The van der Waals surface area contributed by atoms with E-state index >= 15 is 0 Å². The number of sulfone groups is 1. The smallest absolute Gasteiger partial charge is 0.236 e. The number of anilines is 1. The maximum absolute atomic E-state index is 13.2. The van der Waals surface area contributed by atoms with Crippen LogP contribution in [-0.4, -0.2) is 14.3 Å². The summed E-state index contributed by atoms with van der Waals surface area (Å²) < 4.78 is 25.7. The summed E-state index contributed by atoms with van der Waals surface area (Å²) in [6.45, 7) is 0. The number of nitrogens with one attached hydrogen (secondary N) is 1. The van der Waals surface area contributed by atoms with Crippen molar-refractivity contribution >= 4 is 33.0 Å². The zero-order valence-electron chi connectivity index (χ0n) is 17.0. The van der Waals surface area contributed by atoms with E-state index in [-0.39, 0.29) is 15.7 Å². The fraction of sp³-hybridized carbons (Fsp3) is 0.0385. The van der Waals surface area contributed by atoms with Crippen molar-refractivity contribution in [2.45, 2.75) is 15.7 Å². The van der Waals surface area contributed by atoms with Crippen LogP contribution in [-0.2, 0) is 14.6 Å². The lowest BCUT2D eigenvalue weighted by molar-refractivity contribution is -0.116. The summed E-state index contributed by atoms with van der Waals surface area (Å²) in [4.78, 5) is 13.5. The van der Waals surface area contributed by atoms with Crippen molar-refractivity contribution in [1.29, 1.82) is 0 Å². The van der Waals surface area contributed by atoms with Gasteiger partial charge in [0.25, 0.3) is 0 Å². The lowest BCUT2D eigenvalue weighted by Crippen LogP contribution is -2.22. The molecule has 0 aliphatic heterocycles. The maximum Gasteiger partial charge on any atom is 0.236 e. The highest BCUT2D eigenvalue weighted by molar-refractivity contribution is 7.91. The summed E-state index contributed by atoms with van der Waals surface area (Å²) in [5.41, 5.74) is 2.26. The topological polar surface area (TPSA) is 63.2 Å². The average Bonchev–Trinajstić information content (AvgIpc) is 2.81. The van der Waals surface area contributed by atoms with E-state index in [1.807, 2.05) is 60.7 Å². The molecule has 0 unspecified atom stereocenters. The third kappa shape index (κ3) is 4.74. The molecule has 4 rings (SSSR count). The van der Waals surface area contributed by atoms with Gasteiger partial charge < -0.3 is 5.32 Å². The van der Waals surface area contributed by atoms with Crippen molar-refractivity contribution in [3.63, 3.8) is 0 Å². The van der Waals surface area contributed by atoms with Gasteiger partial charge in [0, 0.05) is 10.7 Å². The Morgan fingerprint density at radius 2 is 1.09 bits per heavy atom. The number of rotatable bonds is 6. The molecule has 0 aliphatic carbocycles. The first-order chi connectivity index (χ1) is 15.4. The molecule has 4 aromatic rings. The molecular formula is C26H20ClNO3S. The van der Waals surface area contributed by atoms with Crippen LogP contribution >= 0.6 is 11.6 Å². The molecule has 0 bridgehead atoms. The third-order valence-electron chi connectivity index (χ3n) is 5.08. The van der Waals surface area contributed by atoms with Gasteiger partial charge in [0.05, 0.1) is 15.7 Å². The molecule has 4 nitrogen and oxygen atoms in total. The van der Waals surface area contributed by atoms with Crippen molar-refractivity contribution in [2.75, 3.05) is 5.32 Å². The molecule has 0 saturated carbocycles. The van der Waals surface area contributed by atoms with Gasteiger partial charge in [0.15, 0.2) is 0 Å². The van der Waals surface area contributed by atoms with E-state index in [1.165, 1.54) is 36.4 Å². The van der Waals surface area contributed by atoms with Gasteiger partial charge in [-0.3, -0.25) is 4.79 Å². The van der Waals surface area contributed by atoms with Gasteiger partial charge >= 0.3 is 0 Å². The fourth-order valence-corrected chi connectivity index (χ4v) is 4.85. The van der Waals surface area contributed by atoms with E-state index < -0.39 is 15.8 Å². The summed E-state index contributed by atoms with van der Waals surface area (Å²) in [5.74, 6) is -0.689. The first-order valence-electron chi connectivity index (χ1n) is 9.96. The lowest BCUT2D eigenvalue weighted by atomic mass is 9.90. The number of benzene rings is 4. The lowest BCUT2D eigenvalue weighted by Gasteiger charge is -2.18. The molecule has 6 heteroatoms. The van der Waals surface area contributed by atoms with E-state index in [2.05, 4.69) is 5.32 Å². The molecule has 0 atom stereocenters. The summed E-state index contributed by atoms with van der Waals surface area (Å²) in [6.07, 6.45) is 0. The Kier molecular flexibility index (Phi) is 6.40. The maximum atomic E-state index is 13.2. The van der Waals surface area contributed by atoms with Crippen molar-refractivity contribution in [3.8, 4) is 0 Å². The van der Waals surface area contributed by atoms with Crippen molar-refractivity contribution in [2.24, 2.45) is 0 Å². The number of carbonyl (C=O) groups is 1. The minimum atomic E-state index is -3.67. The Labute approximate surface area is 192 Å². The van der Waals surface area contributed by atoms with Crippen LogP contribution in [0.2, 0.25) is 5.02 Å². The van der Waals surface area contributed by atoms with E-state index in [0.717, 1.165) is 11.1 Å². The highest BCUT2D eigenvalue weighted by Gasteiger charge is 2.23. The van der Waals surface area contributed by atoms with Crippen LogP contribution in [0.3, 0.4) is 0 Å². The predicted molar refractivity (Wildman–Crippen MR) is 127 cm³/mol. The minimum Gasteiger partial charge on any atom is -0.325 e. The number of hydrogen-bond donors (Lipinski definition) is 1. The van der Waals surface area contributed by atoms with Crippen LogP contribution < -0.4 is 5.32 Å². The quantitative estimate of drug-likeness (QED) is 0.386. The predicted octanol–water partition coefficient (Wildman–Crippen LogP) is 5.94.